The molecule has 1 aromatic carbocycles. The van der Waals surface area contributed by atoms with Crippen LogP contribution in [-0.2, 0) is 15.0 Å². The maximum atomic E-state index is 13.6. The Morgan fingerprint density at radius 3 is 2.59 bits per heavy atom. The van der Waals surface area contributed by atoms with Gasteiger partial charge in [0.1, 0.15) is 10.6 Å². The van der Waals surface area contributed by atoms with Crippen LogP contribution >= 0.6 is 22.3 Å². The molecule has 0 aliphatic carbocycles. The number of benzene rings is 1. The maximum absolute atomic E-state index is 13.6. The monoisotopic (exact) mass is 302 g/mol. The summed E-state index contributed by atoms with van der Waals surface area (Å²) in [6, 6.07) is 2.11. The van der Waals surface area contributed by atoms with Crippen LogP contribution in [0.1, 0.15) is 12.0 Å². The predicted molar refractivity (Wildman–Crippen MR) is 58.5 cm³/mol. The smallest absolute Gasteiger partial charge is 0.281 e. The van der Waals surface area contributed by atoms with E-state index in [-0.39, 0.29) is 11.6 Å². The zero-order valence-corrected chi connectivity index (χ0v) is 10.5. The van der Waals surface area contributed by atoms with Gasteiger partial charge in [0.2, 0.25) is 0 Å². The number of halogens is 4. The minimum atomic E-state index is -4.16. The van der Waals surface area contributed by atoms with Gasteiger partial charge in [0.25, 0.3) is 15.0 Å². The van der Waals surface area contributed by atoms with Crippen LogP contribution in [0.5, 0.6) is 5.75 Å². The highest BCUT2D eigenvalue weighted by atomic mass is 35.7. The number of fused-ring (bicyclic) bond motifs is 1. The van der Waals surface area contributed by atoms with E-state index >= 15 is 0 Å². The van der Waals surface area contributed by atoms with Crippen molar-refractivity contribution in [1.82, 2.24) is 0 Å². The minimum Gasteiger partial charge on any atom is -0.491 e. The first-order chi connectivity index (χ1) is 7.73. The van der Waals surface area contributed by atoms with Gasteiger partial charge in [-0.05, 0) is 12.1 Å². The molecule has 1 heterocycles. The van der Waals surface area contributed by atoms with Crippen molar-refractivity contribution in [2.75, 3.05) is 6.61 Å². The van der Waals surface area contributed by atoms with Gasteiger partial charge in [0.05, 0.1) is 23.6 Å². The Bertz CT molecular complexity index is 572. The first kappa shape index (κ1) is 12.9. The van der Waals surface area contributed by atoms with E-state index in [2.05, 4.69) is 0 Å². The molecular weight excluding hydrogens is 297 g/mol. The van der Waals surface area contributed by atoms with Crippen molar-refractivity contribution in [3.05, 3.63) is 22.7 Å². The van der Waals surface area contributed by atoms with Crippen LogP contribution in [0.15, 0.2) is 17.0 Å². The maximum Gasteiger partial charge on any atom is 0.281 e. The van der Waals surface area contributed by atoms with Crippen LogP contribution in [0.25, 0.3) is 0 Å². The van der Waals surface area contributed by atoms with Gasteiger partial charge >= 0.3 is 0 Å². The molecule has 0 atom stereocenters. The summed E-state index contributed by atoms with van der Waals surface area (Å²) in [4.78, 5) is -0.488. The van der Waals surface area contributed by atoms with Crippen molar-refractivity contribution in [3.8, 4) is 5.75 Å². The molecule has 3 nitrogen and oxygen atoms in total. The summed E-state index contributed by atoms with van der Waals surface area (Å²) < 4.78 is 54.7. The number of rotatable bonds is 1. The van der Waals surface area contributed by atoms with E-state index < -0.39 is 37.6 Å². The number of ether oxygens (including phenoxy) is 1. The van der Waals surface area contributed by atoms with E-state index in [1.54, 1.807) is 0 Å². The molecule has 0 unspecified atom stereocenters. The normalized spacial score (nSPS) is 18.4. The highest BCUT2D eigenvalue weighted by Crippen LogP contribution is 2.48. The van der Waals surface area contributed by atoms with Crippen molar-refractivity contribution < 1.29 is 21.9 Å². The van der Waals surface area contributed by atoms with Crippen molar-refractivity contribution in [2.45, 2.75) is 17.2 Å². The largest absolute Gasteiger partial charge is 0.491 e. The Balaban J connectivity index is 2.79. The predicted octanol–water partition coefficient (Wildman–Crippen LogP) is 3.14. The summed E-state index contributed by atoms with van der Waals surface area (Å²) in [6.45, 7) is -0.292. The Morgan fingerprint density at radius 2 is 2.00 bits per heavy atom. The summed E-state index contributed by atoms with van der Waals surface area (Å²) >= 11 is 5.65. The van der Waals surface area contributed by atoms with Gasteiger partial charge in [-0.25, -0.2) is 17.2 Å². The van der Waals surface area contributed by atoms with Crippen molar-refractivity contribution >= 4 is 31.3 Å². The number of hydrogen-bond acceptors (Lipinski definition) is 3. The Kier molecular flexibility index (Phi) is 3.00. The second-order valence-corrected chi connectivity index (χ2v) is 6.43. The molecule has 0 bridgehead atoms. The molecule has 0 radical (unpaired) electrons. The highest BCUT2D eigenvalue weighted by molar-refractivity contribution is 8.13. The van der Waals surface area contributed by atoms with E-state index in [1.165, 1.54) is 0 Å². The van der Waals surface area contributed by atoms with Crippen LogP contribution in [-0.4, -0.2) is 15.0 Å². The molecule has 8 heteroatoms. The fourth-order valence-corrected chi connectivity index (χ4v) is 2.89. The van der Waals surface area contributed by atoms with E-state index in [0.29, 0.717) is 0 Å². The molecule has 1 aliphatic rings. The van der Waals surface area contributed by atoms with Crippen LogP contribution in [0.2, 0.25) is 5.02 Å². The lowest BCUT2D eigenvalue weighted by Gasteiger charge is -2.27. The highest BCUT2D eigenvalue weighted by Gasteiger charge is 2.42. The lowest BCUT2D eigenvalue weighted by atomic mass is 10.0. The van der Waals surface area contributed by atoms with E-state index in [4.69, 9.17) is 27.0 Å². The zero-order chi connectivity index (χ0) is 12.8. The molecule has 0 N–H and O–H groups in total. The molecule has 1 aliphatic heterocycles. The molecule has 94 valence electrons. The first-order valence-corrected chi connectivity index (χ1v) is 7.20. The Hall–Kier alpha value is -0.590. The summed E-state index contributed by atoms with van der Waals surface area (Å²) in [7, 11) is 0.989. The van der Waals surface area contributed by atoms with Crippen molar-refractivity contribution in [1.29, 1.82) is 0 Å². The summed E-state index contributed by atoms with van der Waals surface area (Å²) in [5.41, 5.74) is -0.618. The van der Waals surface area contributed by atoms with Crippen LogP contribution < -0.4 is 4.74 Å². The quantitative estimate of drug-likeness (QED) is 0.749. The average molecular weight is 303 g/mol. The Morgan fingerprint density at radius 1 is 1.35 bits per heavy atom. The fourth-order valence-electron chi connectivity index (χ4n) is 1.62. The van der Waals surface area contributed by atoms with Crippen molar-refractivity contribution in [3.63, 3.8) is 0 Å². The standard InChI is InChI=1S/C9H6Cl2F2O3S/c10-5-1-2-6(17(11,14)15)8-7(5)9(12,13)3-4-16-8/h1-2H,3-4H2. The van der Waals surface area contributed by atoms with Crippen LogP contribution in [0.4, 0.5) is 8.78 Å². The lowest BCUT2D eigenvalue weighted by Crippen LogP contribution is -2.25. The van der Waals surface area contributed by atoms with Gasteiger partial charge in [-0.2, -0.15) is 0 Å². The lowest BCUT2D eigenvalue weighted by molar-refractivity contribution is -0.0413. The van der Waals surface area contributed by atoms with Crippen molar-refractivity contribution in [2.24, 2.45) is 0 Å². The number of alkyl halides is 2. The van der Waals surface area contributed by atoms with E-state index in [9.17, 15) is 17.2 Å². The average Bonchev–Trinajstić information content (AvgIpc) is 2.14. The fraction of sp³-hybridized carbons (Fsp3) is 0.333. The SMILES string of the molecule is O=S(=O)(Cl)c1ccc(Cl)c2c1OCCC2(F)F. The molecule has 2 rings (SSSR count). The van der Waals surface area contributed by atoms with Crippen LogP contribution in [0, 0.1) is 0 Å². The second kappa shape index (κ2) is 3.96. The molecule has 0 fully saturated rings. The summed E-state index contributed by atoms with van der Waals surface area (Å²) in [6.07, 6.45) is -0.550. The molecule has 0 spiro atoms. The minimum absolute atomic E-state index is 0.242. The third-order valence-corrected chi connectivity index (χ3v) is 4.02. The third-order valence-electron chi connectivity index (χ3n) is 2.36. The van der Waals surface area contributed by atoms with Gasteiger partial charge in [0, 0.05) is 10.7 Å². The van der Waals surface area contributed by atoms with Crippen LogP contribution in [0.3, 0.4) is 0 Å². The molecule has 0 amide bonds. The Labute approximate surface area is 106 Å². The van der Waals surface area contributed by atoms with Gasteiger partial charge in [-0.3, -0.25) is 0 Å². The molecule has 1 aromatic rings. The third kappa shape index (κ3) is 2.21. The second-order valence-electron chi connectivity index (χ2n) is 3.49. The molecule has 0 saturated heterocycles. The molecular formula is C9H6Cl2F2O3S. The topological polar surface area (TPSA) is 43.4 Å². The van der Waals surface area contributed by atoms with Gasteiger partial charge < -0.3 is 4.74 Å². The summed E-state index contributed by atoms with van der Waals surface area (Å²) in [5.74, 6) is -3.67. The van der Waals surface area contributed by atoms with E-state index in [0.717, 1.165) is 12.1 Å². The molecule has 17 heavy (non-hydrogen) atoms. The summed E-state index contributed by atoms with van der Waals surface area (Å²) in [5, 5.41) is -0.242. The first-order valence-electron chi connectivity index (χ1n) is 4.52. The molecule has 0 saturated carbocycles. The molecule has 0 aromatic heterocycles. The van der Waals surface area contributed by atoms with Gasteiger partial charge in [0.15, 0.2) is 0 Å². The number of hydrogen-bond donors (Lipinski definition) is 0. The van der Waals surface area contributed by atoms with Gasteiger partial charge in [-0.15, -0.1) is 0 Å². The van der Waals surface area contributed by atoms with E-state index in [1.807, 2.05) is 0 Å². The van der Waals surface area contributed by atoms with Gasteiger partial charge in [-0.1, -0.05) is 11.6 Å². The zero-order valence-electron chi connectivity index (χ0n) is 8.21.